The van der Waals surface area contributed by atoms with Crippen LogP contribution in [0.3, 0.4) is 0 Å². The quantitative estimate of drug-likeness (QED) is 0.331. The summed E-state index contributed by atoms with van der Waals surface area (Å²) in [4.78, 5) is 33.4. The molecular weight excluding hydrogens is 276 g/mol. The highest BCUT2D eigenvalue weighted by Crippen LogP contribution is 2.06. The Morgan fingerprint density at radius 2 is 1.48 bits per heavy atom. The summed E-state index contributed by atoms with van der Waals surface area (Å²) in [7, 11) is 0. The zero-order valence-electron chi connectivity index (χ0n) is 13.2. The molecule has 1 atom stereocenters. The van der Waals surface area contributed by atoms with E-state index in [4.69, 9.17) is 9.47 Å². The van der Waals surface area contributed by atoms with Gasteiger partial charge in [-0.15, -0.1) is 0 Å². The van der Waals surface area contributed by atoms with Crippen LogP contribution in [-0.2, 0) is 28.6 Å². The van der Waals surface area contributed by atoms with Crippen LogP contribution in [0, 0.1) is 0 Å². The van der Waals surface area contributed by atoms with E-state index in [1.807, 2.05) is 0 Å². The lowest BCUT2D eigenvalue weighted by Crippen LogP contribution is -2.33. The number of rotatable bonds is 11. The molecule has 0 aromatic heterocycles. The Morgan fingerprint density at radius 3 is 2.05 bits per heavy atom. The average molecular weight is 302 g/mol. The third-order valence-corrected chi connectivity index (χ3v) is 2.75. The molecule has 0 aromatic carbocycles. The van der Waals surface area contributed by atoms with Crippen LogP contribution in [0.15, 0.2) is 0 Å². The molecule has 122 valence electrons. The first-order valence-electron chi connectivity index (χ1n) is 7.44. The Bertz CT molecular complexity index is 326. The van der Waals surface area contributed by atoms with E-state index in [1.54, 1.807) is 0 Å². The second-order valence-corrected chi connectivity index (χ2v) is 4.84. The minimum absolute atomic E-state index is 0.281. The number of carbonyl (C=O) groups excluding carboxylic acids is 3. The van der Waals surface area contributed by atoms with Gasteiger partial charge in [-0.2, -0.15) is 0 Å². The highest BCUT2D eigenvalue weighted by atomic mass is 16.6. The maximum absolute atomic E-state index is 11.7. The van der Waals surface area contributed by atoms with Gasteiger partial charge in [0.25, 0.3) is 0 Å². The molecular formula is C15H26O6. The first kappa shape index (κ1) is 19.4. The van der Waals surface area contributed by atoms with Gasteiger partial charge >= 0.3 is 17.9 Å². The summed E-state index contributed by atoms with van der Waals surface area (Å²) in [5.74, 6) is -1.85. The van der Waals surface area contributed by atoms with E-state index in [-0.39, 0.29) is 13.2 Å². The van der Waals surface area contributed by atoms with E-state index in [1.165, 1.54) is 33.1 Å². The molecule has 21 heavy (non-hydrogen) atoms. The van der Waals surface area contributed by atoms with E-state index in [9.17, 15) is 14.4 Å². The first-order chi connectivity index (χ1) is 9.97. The van der Waals surface area contributed by atoms with E-state index in [2.05, 4.69) is 11.7 Å². The van der Waals surface area contributed by atoms with Crippen molar-refractivity contribution in [3.63, 3.8) is 0 Å². The smallest absolute Gasteiger partial charge is 0.351 e. The largest absolute Gasteiger partial charge is 0.463 e. The van der Waals surface area contributed by atoms with Crippen LogP contribution in [0.25, 0.3) is 0 Å². The van der Waals surface area contributed by atoms with Gasteiger partial charge in [-0.05, 0) is 6.42 Å². The maximum atomic E-state index is 11.7. The van der Waals surface area contributed by atoms with Crippen molar-refractivity contribution in [1.82, 2.24) is 0 Å². The van der Waals surface area contributed by atoms with Crippen LogP contribution in [0.1, 0.15) is 59.3 Å². The third-order valence-electron chi connectivity index (χ3n) is 2.75. The molecule has 0 aliphatic rings. The van der Waals surface area contributed by atoms with Crippen molar-refractivity contribution in [2.75, 3.05) is 13.2 Å². The van der Waals surface area contributed by atoms with E-state index in [0.717, 1.165) is 19.3 Å². The predicted octanol–water partition coefficient (Wildman–Crippen LogP) is 2.38. The Kier molecular flexibility index (Phi) is 11.3. The van der Waals surface area contributed by atoms with Gasteiger partial charge in [0.1, 0.15) is 6.61 Å². The molecule has 0 rings (SSSR count). The van der Waals surface area contributed by atoms with Crippen LogP contribution in [0.4, 0.5) is 0 Å². The summed E-state index contributed by atoms with van der Waals surface area (Å²) in [6.07, 6.45) is 5.29. The number of hydrogen-bond acceptors (Lipinski definition) is 6. The van der Waals surface area contributed by atoms with Gasteiger partial charge in [0.05, 0.1) is 6.61 Å². The third kappa shape index (κ3) is 11.9. The molecule has 0 amide bonds. The monoisotopic (exact) mass is 302 g/mol. The lowest BCUT2D eigenvalue weighted by molar-refractivity contribution is -0.173. The van der Waals surface area contributed by atoms with Crippen molar-refractivity contribution < 1.29 is 28.6 Å². The first-order valence-corrected chi connectivity index (χ1v) is 7.44. The lowest BCUT2D eigenvalue weighted by atomic mass is 10.1. The minimum Gasteiger partial charge on any atom is -0.463 e. The number of esters is 3. The summed E-state index contributed by atoms with van der Waals surface area (Å²) in [6.45, 7) is 4.52. The number of ether oxygens (including phenoxy) is 3. The zero-order valence-corrected chi connectivity index (χ0v) is 13.2. The Labute approximate surface area is 126 Å². The number of unbranched alkanes of at least 4 members (excludes halogenated alkanes) is 5. The second-order valence-electron chi connectivity index (χ2n) is 4.84. The molecule has 0 aromatic rings. The van der Waals surface area contributed by atoms with Gasteiger partial charge in [0.15, 0.2) is 0 Å². The molecule has 0 heterocycles. The second kappa shape index (κ2) is 12.2. The summed E-state index contributed by atoms with van der Waals surface area (Å²) >= 11 is 0. The Morgan fingerprint density at radius 1 is 0.857 bits per heavy atom. The van der Waals surface area contributed by atoms with E-state index >= 15 is 0 Å². The molecule has 0 unspecified atom stereocenters. The number of hydrogen-bond donors (Lipinski definition) is 0. The maximum Gasteiger partial charge on any atom is 0.351 e. The van der Waals surface area contributed by atoms with Gasteiger partial charge in [0, 0.05) is 13.8 Å². The van der Waals surface area contributed by atoms with Crippen molar-refractivity contribution in [2.24, 2.45) is 0 Å². The van der Waals surface area contributed by atoms with Crippen molar-refractivity contribution in [3.05, 3.63) is 0 Å². The van der Waals surface area contributed by atoms with Crippen LogP contribution in [0.5, 0.6) is 0 Å². The van der Waals surface area contributed by atoms with Gasteiger partial charge in [-0.3, -0.25) is 9.59 Å². The van der Waals surface area contributed by atoms with E-state index in [0.29, 0.717) is 0 Å². The molecule has 0 aliphatic heterocycles. The summed E-state index contributed by atoms with van der Waals surface area (Å²) in [5, 5.41) is 0. The predicted molar refractivity (Wildman–Crippen MR) is 76.5 cm³/mol. The summed E-state index contributed by atoms with van der Waals surface area (Å²) in [5.41, 5.74) is 0. The number of carbonyl (C=O) groups is 3. The Balaban J connectivity index is 3.93. The SMILES string of the molecule is CCCCCCCCOC(=O)[C@H](COC(C)=O)OC(C)=O. The molecule has 6 heteroatoms. The van der Waals surface area contributed by atoms with Gasteiger partial charge in [0.2, 0.25) is 6.10 Å². The molecule has 0 saturated heterocycles. The zero-order chi connectivity index (χ0) is 16.1. The highest BCUT2D eigenvalue weighted by molar-refractivity contribution is 5.79. The summed E-state index contributed by atoms with van der Waals surface area (Å²) in [6, 6.07) is 0. The van der Waals surface area contributed by atoms with Crippen LogP contribution >= 0.6 is 0 Å². The standard InChI is InChI=1S/C15H26O6/c1-4-5-6-7-8-9-10-19-15(18)14(21-13(3)17)11-20-12(2)16/h14H,4-11H2,1-3H3/t14-/m0/s1. The highest BCUT2D eigenvalue weighted by Gasteiger charge is 2.24. The average Bonchev–Trinajstić information content (AvgIpc) is 2.41. The normalized spacial score (nSPS) is 11.6. The van der Waals surface area contributed by atoms with Crippen molar-refractivity contribution in [1.29, 1.82) is 0 Å². The molecule has 0 bridgehead atoms. The van der Waals surface area contributed by atoms with Gasteiger partial charge < -0.3 is 14.2 Å². The lowest BCUT2D eigenvalue weighted by Gasteiger charge is -2.15. The Hall–Kier alpha value is -1.59. The van der Waals surface area contributed by atoms with Crippen molar-refractivity contribution >= 4 is 17.9 Å². The molecule has 0 spiro atoms. The molecule has 6 nitrogen and oxygen atoms in total. The topological polar surface area (TPSA) is 78.9 Å². The molecule has 0 fully saturated rings. The van der Waals surface area contributed by atoms with Crippen LogP contribution in [0.2, 0.25) is 0 Å². The van der Waals surface area contributed by atoms with E-state index < -0.39 is 24.0 Å². The van der Waals surface area contributed by atoms with Crippen molar-refractivity contribution in [2.45, 2.75) is 65.4 Å². The molecule has 0 radical (unpaired) electrons. The van der Waals surface area contributed by atoms with Crippen molar-refractivity contribution in [3.8, 4) is 0 Å². The molecule has 0 saturated carbocycles. The minimum atomic E-state index is -1.19. The van der Waals surface area contributed by atoms with Crippen LogP contribution < -0.4 is 0 Å². The van der Waals surface area contributed by atoms with Gasteiger partial charge in [-0.1, -0.05) is 39.0 Å². The van der Waals surface area contributed by atoms with Gasteiger partial charge in [-0.25, -0.2) is 4.79 Å². The summed E-state index contributed by atoms with van der Waals surface area (Å²) < 4.78 is 14.5. The van der Waals surface area contributed by atoms with Crippen LogP contribution in [-0.4, -0.2) is 37.2 Å². The fraction of sp³-hybridized carbons (Fsp3) is 0.800. The molecule has 0 aliphatic carbocycles. The molecule has 0 N–H and O–H groups in total. The fourth-order valence-corrected chi connectivity index (χ4v) is 1.69. The fourth-order valence-electron chi connectivity index (χ4n) is 1.69.